The van der Waals surface area contributed by atoms with Crippen LogP contribution in [0.25, 0.3) is 0 Å². The number of hydrogen-bond acceptors (Lipinski definition) is 14. The van der Waals surface area contributed by atoms with Gasteiger partial charge in [-0.3, -0.25) is 24.0 Å². The Morgan fingerprint density at radius 2 is 1.49 bits per heavy atom. The van der Waals surface area contributed by atoms with Crippen molar-refractivity contribution in [1.82, 2.24) is 5.32 Å². The molecule has 0 spiro atoms. The molecule has 4 aliphatic rings. The number of ketones is 1. The summed E-state index contributed by atoms with van der Waals surface area (Å²) in [5, 5.41) is 16.8. The number of esters is 4. The lowest BCUT2D eigenvalue weighted by atomic mass is 9.44. The van der Waals surface area contributed by atoms with Crippen molar-refractivity contribution in [3.63, 3.8) is 0 Å². The maximum absolute atomic E-state index is 16.5. The molecule has 15 nitrogen and oxygen atoms in total. The van der Waals surface area contributed by atoms with Crippen LogP contribution < -0.4 is 5.32 Å². The molecule has 69 heavy (non-hydrogen) atoms. The summed E-state index contributed by atoms with van der Waals surface area (Å²) in [5.41, 5.74) is -5.44. The summed E-state index contributed by atoms with van der Waals surface area (Å²) in [7, 11) is -5.68. The van der Waals surface area contributed by atoms with Gasteiger partial charge in [0.25, 0.3) is 0 Å². The van der Waals surface area contributed by atoms with Crippen molar-refractivity contribution in [1.29, 1.82) is 0 Å². The normalized spacial score (nSPS) is 31.0. The van der Waals surface area contributed by atoms with Crippen molar-refractivity contribution < 1.29 is 66.4 Å². The minimum atomic E-state index is -2.87. The maximum Gasteiger partial charge on any atom is 0.337 e. The molecule has 0 aromatic heterocycles. The zero-order chi connectivity index (χ0) is 52.0. The van der Waals surface area contributed by atoms with Crippen molar-refractivity contribution in [2.75, 3.05) is 6.61 Å². The molecule has 11 atom stereocenters. The predicted octanol–water partition coefficient (Wildman–Crippen LogP) is 8.15. The van der Waals surface area contributed by atoms with Gasteiger partial charge < -0.3 is 43.0 Å². The van der Waals surface area contributed by atoms with Gasteiger partial charge in [-0.15, -0.1) is 0 Å². The maximum atomic E-state index is 16.5. The molecule has 1 aromatic rings. The highest BCUT2D eigenvalue weighted by Gasteiger charge is 2.79. The van der Waals surface area contributed by atoms with Gasteiger partial charge >= 0.3 is 23.9 Å². The fourth-order valence-corrected chi connectivity index (χ4v) is 15.2. The van der Waals surface area contributed by atoms with E-state index in [1.54, 1.807) is 71.9 Å². The molecule has 1 unspecified atom stereocenters. The van der Waals surface area contributed by atoms with Crippen LogP contribution in [0.15, 0.2) is 53.1 Å². The van der Waals surface area contributed by atoms with Crippen molar-refractivity contribution in [3.8, 4) is 0 Å². The minimum absolute atomic E-state index is 0.0502. The average Bonchev–Trinajstić information content (AvgIpc) is 3.26. The van der Waals surface area contributed by atoms with Crippen LogP contribution in [-0.4, -0.2) is 112 Å². The molecule has 384 valence electrons. The number of fused-ring (bicyclic) bond motifs is 5. The van der Waals surface area contributed by atoms with Crippen LogP contribution in [0.1, 0.15) is 128 Å². The largest absolute Gasteiger partial charge is 0.461 e. The van der Waals surface area contributed by atoms with Gasteiger partial charge in [-0.05, 0) is 80.7 Å². The lowest BCUT2D eigenvalue weighted by Gasteiger charge is -2.68. The number of hydrogen-bond donors (Lipinski definition) is 2. The first-order valence-electron chi connectivity index (χ1n) is 24.6. The SMILES string of the molecule is C/C=C(\C)C(=O)N[C@@H](c1ccccc1)[C@@H](O[Si](C)(C)C(C)(C)C)C(=O)O[C@H]1C[C@@]2(O)[C@@H](OC(C)=O)C3[C@](C)(C(=O)[C@H](O[Si](CC)(CC)CC)C(=C1C)C2(C)C)[C@@H](OC(C)=O)C[C@H]1OC[C@@]31OC(C)=O. The smallest absolute Gasteiger partial charge is 0.337 e. The summed E-state index contributed by atoms with van der Waals surface area (Å²) in [6, 6.07) is 9.86. The predicted molar refractivity (Wildman–Crippen MR) is 263 cm³/mol. The van der Waals surface area contributed by atoms with E-state index in [0.29, 0.717) is 40.4 Å². The molecule has 5 rings (SSSR count). The summed E-state index contributed by atoms with van der Waals surface area (Å²) in [6.07, 6.45) is -6.70. The molecule has 1 aromatic carbocycles. The fourth-order valence-electron chi connectivity index (χ4n) is 11.2. The zero-order valence-corrected chi connectivity index (χ0v) is 46.1. The first-order chi connectivity index (χ1) is 31.9. The van der Waals surface area contributed by atoms with E-state index in [4.69, 9.17) is 32.5 Å². The molecule has 2 saturated carbocycles. The quantitative estimate of drug-likeness (QED) is 0.0529. The number of amides is 1. The Hall–Kier alpha value is -4.01. The lowest BCUT2D eigenvalue weighted by molar-refractivity contribution is -0.347. The number of Topliss-reactive ketones (excluding diaryl/α,β-unsaturated/α-hetero) is 1. The van der Waals surface area contributed by atoms with Crippen LogP contribution >= 0.6 is 0 Å². The molecule has 0 radical (unpaired) electrons. The molecular weight excluding hydrogens is 919 g/mol. The number of allylic oxidation sites excluding steroid dienone is 1. The van der Waals surface area contributed by atoms with Crippen LogP contribution in [0.4, 0.5) is 0 Å². The highest BCUT2D eigenvalue weighted by atomic mass is 28.4. The topological polar surface area (TPSA) is 199 Å². The Kier molecular flexibility index (Phi) is 16.4. The van der Waals surface area contributed by atoms with E-state index >= 15 is 9.59 Å². The number of ether oxygens (including phenoxy) is 5. The van der Waals surface area contributed by atoms with Crippen LogP contribution in [0, 0.1) is 16.7 Å². The Morgan fingerprint density at radius 1 is 0.913 bits per heavy atom. The van der Waals surface area contributed by atoms with Gasteiger partial charge in [0.15, 0.2) is 34.1 Å². The molecule has 2 bridgehead atoms. The van der Waals surface area contributed by atoms with Gasteiger partial charge in [0.2, 0.25) is 5.91 Å². The van der Waals surface area contributed by atoms with Crippen LogP contribution in [0.5, 0.6) is 0 Å². The van der Waals surface area contributed by atoms with Gasteiger partial charge in [0.1, 0.15) is 36.1 Å². The van der Waals surface area contributed by atoms with E-state index in [-0.39, 0.29) is 19.4 Å². The number of carbonyl (C=O) groups is 6. The summed E-state index contributed by atoms with van der Waals surface area (Å²) in [5.74, 6) is -5.38. The highest BCUT2D eigenvalue weighted by Crippen LogP contribution is 2.65. The lowest BCUT2D eigenvalue weighted by Crippen LogP contribution is -2.82. The summed E-state index contributed by atoms with van der Waals surface area (Å²) in [6.45, 7) is 29.9. The summed E-state index contributed by atoms with van der Waals surface area (Å²) >= 11 is 0. The number of aliphatic hydroxyl groups is 1. The van der Waals surface area contributed by atoms with Crippen LogP contribution in [0.2, 0.25) is 36.3 Å². The summed E-state index contributed by atoms with van der Waals surface area (Å²) in [4.78, 5) is 85.7. The molecular formula is C52H79NO14Si2. The first-order valence-corrected chi connectivity index (χ1v) is 30.0. The fraction of sp³-hybridized carbons (Fsp3) is 0.692. The molecule has 2 N–H and O–H groups in total. The Morgan fingerprint density at radius 3 is 1.97 bits per heavy atom. The van der Waals surface area contributed by atoms with Gasteiger partial charge in [-0.25, -0.2) is 4.79 Å². The highest BCUT2D eigenvalue weighted by molar-refractivity contribution is 6.74. The standard InChI is InChI=1S/C52H79NO14Si2/c1-18-30(5)46(58)53-40(35-25-23-22-24-26-35)42(66-68(16,17)48(10,11)12)47(59)64-36-28-52(60)45(63-33(8)55)43-50(15,37(62-32(7)54)27-38-51(43,29-61-38)65-34(9)56)44(57)41(39(31(36)6)49(52,13)14)67-69(19-2,20-3)21-4/h18,22-26,36-38,40-43,45,60H,19-21,27-29H2,1-17H3,(H,53,58)/b30-18+/t36-,37-,38+,40-,41+,42+,43?,45-,50+,51-,52+/m0/s1. The number of carbonyl (C=O) groups excluding carboxylic acids is 6. The number of rotatable bonds is 16. The van der Waals surface area contributed by atoms with Gasteiger partial charge in [-0.2, -0.15) is 0 Å². The second-order valence-corrected chi connectivity index (χ2v) is 31.5. The van der Waals surface area contributed by atoms with E-state index in [0.717, 1.165) is 0 Å². The third-order valence-electron chi connectivity index (χ3n) is 16.8. The van der Waals surface area contributed by atoms with Gasteiger partial charge in [-0.1, -0.05) is 91.8 Å². The van der Waals surface area contributed by atoms with E-state index in [9.17, 15) is 24.3 Å². The molecule has 1 heterocycles. The van der Waals surface area contributed by atoms with Crippen molar-refractivity contribution in [2.24, 2.45) is 16.7 Å². The van der Waals surface area contributed by atoms with E-state index in [1.165, 1.54) is 20.8 Å². The average molecular weight is 998 g/mol. The monoisotopic (exact) mass is 998 g/mol. The second-order valence-electron chi connectivity index (χ2n) is 22.0. The Labute approximate surface area is 411 Å². The third kappa shape index (κ3) is 9.98. The van der Waals surface area contributed by atoms with E-state index in [1.807, 2.05) is 60.7 Å². The zero-order valence-electron chi connectivity index (χ0n) is 44.1. The molecule has 3 aliphatic carbocycles. The Bertz CT molecular complexity index is 2210. The second kappa shape index (κ2) is 20.2. The van der Waals surface area contributed by atoms with Crippen LogP contribution in [-0.2, 0) is 61.3 Å². The van der Waals surface area contributed by atoms with Gasteiger partial charge in [0.05, 0.1) is 24.0 Å². The van der Waals surface area contributed by atoms with Crippen LogP contribution in [0.3, 0.4) is 0 Å². The van der Waals surface area contributed by atoms with Crippen molar-refractivity contribution in [3.05, 3.63) is 58.7 Å². The van der Waals surface area contributed by atoms with Crippen molar-refractivity contribution in [2.45, 2.75) is 207 Å². The molecule has 3 fully saturated rings. The molecule has 1 saturated heterocycles. The van der Waals surface area contributed by atoms with E-state index in [2.05, 4.69) is 5.32 Å². The molecule has 1 amide bonds. The number of nitrogens with one attached hydrogen (secondary N) is 1. The minimum Gasteiger partial charge on any atom is -0.461 e. The molecule has 1 aliphatic heterocycles. The summed E-state index contributed by atoms with van der Waals surface area (Å²) < 4.78 is 45.9. The van der Waals surface area contributed by atoms with Gasteiger partial charge in [0, 0.05) is 44.6 Å². The number of benzene rings is 1. The first kappa shape index (κ1) is 55.9. The van der Waals surface area contributed by atoms with Crippen molar-refractivity contribution >= 4 is 52.2 Å². The van der Waals surface area contributed by atoms with E-state index < -0.39 is 128 Å². The molecule has 17 heteroatoms. The third-order valence-corrected chi connectivity index (χ3v) is 25.8. The Balaban J connectivity index is 1.87.